The van der Waals surface area contributed by atoms with Crippen molar-refractivity contribution in [3.05, 3.63) is 89.6 Å². The Hall–Kier alpha value is -4.39. The third kappa shape index (κ3) is 4.94. The molecule has 35 heavy (non-hydrogen) atoms. The topological polar surface area (TPSA) is 81.8 Å². The van der Waals surface area contributed by atoms with E-state index in [0.29, 0.717) is 22.6 Å². The molecule has 1 aliphatic rings. The highest BCUT2D eigenvalue weighted by atomic mass is 16.2. The van der Waals surface area contributed by atoms with E-state index < -0.39 is 11.8 Å². The number of nitrogens with one attached hydrogen (secondary N) is 2. The van der Waals surface area contributed by atoms with Crippen LogP contribution < -0.4 is 20.4 Å². The molecular weight excluding hydrogens is 440 g/mol. The largest absolute Gasteiger partial charge is 0.378 e. The van der Waals surface area contributed by atoms with Gasteiger partial charge in [0.2, 0.25) is 5.91 Å². The van der Waals surface area contributed by atoms with Gasteiger partial charge in [0.15, 0.2) is 0 Å². The molecule has 0 fully saturated rings. The summed E-state index contributed by atoms with van der Waals surface area (Å²) in [6.45, 7) is 3.48. The Bertz CT molecular complexity index is 1290. The summed E-state index contributed by atoms with van der Waals surface area (Å²) in [5.41, 5.74) is 5.03. The quantitative estimate of drug-likeness (QED) is 0.493. The first-order valence-corrected chi connectivity index (χ1v) is 11.4. The van der Waals surface area contributed by atoms with Gasteiger partial charge in [-0.25, -0.2) is 4.90 Å². The molecule has 4 rings (SSSR count). The fourth-order valence-corrected chi connectivity index (χ4v) is 3.94. The average molecular weight is 469 g/mol. The predicted octanol–water partition coefficient (Wildman–Crippen LogP) is 4.67. The van der Waals surface area contributed by atoms with Crippen LogP contribution in [0.25, 0.3) is 5.57 Å². The first-order valence-electron chi connectivity index (χ1n) is 11.4. The van der Waals surface area contributed by atoms with E-state index >= 15 is 0 Å². The first kappa shape index (κ1) is 23.8. The molecular formula is C28H28N4O3. The van der Waals surface area contributed by atoms with Gasteiger partial charge in [-0.2, -0.15) is 0 Å². The molecule has 0 radical (unpaired) electrons. The molecule has 0 bridgehead atoms. The number of nitrogens with zero attached hydrogens (tertiary/aromatic N) is 2. The third-order valence-corrected chi connectivity index (χ3v) is 5.83. The van der Waals surface area contributed by atoms with Crippen molar-refractivity contribution in [2.45, 2.75) is 20.3 Å². The number of imide groups is 1. The van der Waals surface area contributed by atoms with Gasteiger partial charge >= 0.3 is 0 Å². The van der Waals surface area contributed by atoms with Crippen molar-refractivity contribution >= 4 is 46.0 Å². The van der Waals surface area contributed by atoms with Gasteiger partial charge in [0.25, 0.3) is 11.8 Å². The lowest BCUT2D eigenvalue weighted by Gasteiger charge is -2.16. The zero-order chi connectivity index (χ0) is 25.1. The number of rotatable bonds is 7. The molecule has 0 aromatic heterocycles. The van der Waals surface area contributed by atoms with E-state index in [4.69, 9.17) is 0 Å². The van der Waals surface area contributed by atoms with Crippen LogP contribution in [0.3, 0.4) is 0 Å². The molecule has 0 spiro atoms. The summed E-state index contributed by atoms with van der Waals surface area (Å²) in [4.78, 5) is 41.7. The molecule has 2 N–H and O–H groups in total. The molecule has 0 aliphatic carbocycles. The van der Waals surface area contributed by atoms with Gasteiger partial charge in [0.05, 0.1) is 11.3 Å². The number of hydrogen-bond donors (Lipinski definition) is 2. The van der Waals surface area contributed by atoms with Crippen molar-refractivity contribution in [2.24, 2.45) is 0 Å². The Morgan fingerprint density at radius 1 is 0.829 bits per heavy atom. The minimum atomic E-state index is -0.420. The van der Waals surface area contributed by atoms with Crippen LogP contribution >= 0.6 is 0 Å². The van der Waals surface area contributed by atoms with Gasteiger partial charge < -0.3 is 15.5 Å². The highest BCUT2D eigenvalue weighted by Gasteiger charge is 2.40. The fraction of sp³-hybridized carbons (Fsp3) is 0.179. The summed E-state index contributed by atoms with van der Waals surface area (Å²) in [5.74, 6) is -1.01. The number of benzene rings is 3. The van der Waals surface area contributed by atoms with Crippen molar-refractivity contribution in [1.82, 2.24) is 0 Å². The molecule has 178 valence electrons. The number of carbonyl (C=O) groups is 3. The lowest BCUT2D eigenvalue weighted by molar-refractivity contribution is -0.120. The van der Waals surface area contributed by atoms with Crippen molar-refractivity contribution in [3.8, 4) is 0 Å². The monoisotopic (exact) mass is 468 g/mol. The lowest BCUT2D eigenvalue weighted by atomic mass is 10.0. The second kappa shape index (κ2) is 9.85. The molecule has 3 amide bonds. The van der Waals surface area contributed by atoms with Gasteiger partial charge in [0.1, 0.15) is 5.70 Å². The van der Waals surface area contributed by atoms with E-state index in [-0.39, 0.29) is 17.2 Å². The Labute approximate surface area is 205 Å². The van der Waals surface area contributed by atoms with Gasteiger partial charge in [-0.3, -0.25) is 14.4 Å². The molecule has 3 aromatic rings. The highest BCUT2D eigenvalue weighted by molar-refractivity contribution is 6.46. The van der Waals surface area contributed by atoms with Gasteiger partial charge in [0, 0.05) is 38.1 Å². The summed E-state index contributed by atoms with van der Waals surface area (Å²) in [6, 6.07) is 21.9. The smallest absolute Gasteiger partial charge is 0.282 e. The van der Waals surface area contributed by atoms with E-state index in [9.17, 15) is 14.4 Å². The third-order valence-electron chi connectivity index (χ3n) is 5.83. The van der Waals surface area contributed by atoms with Crippen molar-refractivity contribution in [2.75, 3.05) is 34.5 Å². The van der Waals surface area contributed by atoms with Gasteiger partial charge in [-0.15, -0.1) is 0 Å². The van der Waals surface area contributed by atoms with Crippen LogP contribution in [0.1, 0.15) is 25.0 Å². The van der Waals surface area contributed by atoms with Crippen LogP contribution in [0.2, 0.25) is 0 Å². The minimum Gasteiger partial charge on any atom is -0.378 e. The Kier molecular flexibility index (Phi) is 6.68. The SMILES string of the molecule is CCc1ccc(N2C(=O)C(Nc3ccc(N(C)C)cc3)=C(c3ccc(NC(C)=O)cc3)C2=O)cc1. The summed E-state index contributed by atoms with van der Waals surface area (Å²) < 4.78 is 0. The molecule has 0 atom stereocenters. The molecule has 7 nitrogen and oxygen atoms in total. The minimum absolute atomic E-state index is 0.186. The lowest BCUT2D eigenvalue weighted by Crippen LogP contribution is -2.32. The predicted molar refractivity (Wildman–Crippen MR) is 140 cm³/mol. The second-order valence-electron chi connectivity index (χ2n) is 8.54. The zero-order valence-electron chi connectivity index (χ0n) is 20.3. The maximum absolute atomic E-state index is 13.6. The number of carbonyl (C=O) groups excluding carboxylic acids is 3. The van der Waals surface area contributed by atoms with Gasteiger partial charge in [-0.1, -0.05) is 31.2 Å². The summed E-state index contributed by atoms with van der Waals surface area (Å²) >= 11 is 0. The Morgan fingerprint density at radius 3 is 1.97 bits per heavy atom. The van der Waals surface area contributed by atoms with Crippen LogP contribution in [0.5, 0.6) is 0 Å². The normalized spacial score (nSPS) is 13.3. The van der Waals surface area contributed by atoms with Crippen LogP contribution in [-0.2, 0) is 20.8 Å². The maximum atomic E-state index is 13.6. The Morgan fingerprint density at radius 2 is 1.43 bits per heavy atom. The van der Waals surface area contributed by atoms with Crippen LogP contribution in [0, 0.1) is 0 Å². The van der Waals surface area contributed by atoms with Crippen LogP contribution in [-0.4, -0.2) is 31.8 Å². The summed E-state index contributed by atoms with van der Waals surface area (Å²) in [5, 5.41) is 5.90. The van der Waals surface area contributed by atoms with E-state index in [1.807, 2.05) is 55.4 Å². The number of aryl methyl sites for hydroxylation is 1. The molecule has 0 saturated heterocycles. The van der Waals surface area contributed by atoms with Crippen molar-refractivity contribution < 1.29 is 14.4 Å². The fourth-order valence-electron chi connectivity index (χ4n) is 3.94. The Balaban J connectivity index is 1.74. The molecule has 0 unspecified atom stereocenters. The maximum Gasteiger partial charge on any atom is 0.282 e. The number of amides is 3. The summed E-state index contributed by atoms with van der Waals surface area (Å²) in [6.07, 6.45) is 0.863. The first-order chi connectivity index (χ1) is 16.8. The summed E-state index contributed by atoms with van der Waals surface area (Å²) in [7, 11) is 3.91. The molecule has 0 saturated carbocycles. The van der Waals surface area contributed by atoms with Gasteiger partial charge in [-0.05, 0) is 66.1 Å². The molecule has 7 heteroatoms. The van der Waals surface area contributed by atoms with Crippen molar-refractivity contribution in [1.29, 1.82) is 0 Å². The van der Waals surface area contributed by atoms with Crippen LogP contribution in [0.15, 0.2) is 78.5 Å². The average Bonchev–Trinajstić information content (AvgIpc) is 3.08. The van der Waals surface area contributed by atoms with Crippen LogP contribution in [0.4, 0.5) is 22.7 Å². The van der Waals surface area contributed by atoms with E-state index in [1.165, 1.54) is 11.8 Å². The van der Waals surface area contributed by atoms with E-state index in [1.54, 1.807) is 36.4 Å². The molecule has 3 aromatic carbocycles. The highest BCUT2D eigenvalue weighted by Crippen LogP contribution is 2.34. The second-order valence-corrected chi connectivity index (χ2v) is 8.54. The zero-order valence-corrected chi connectivity index (χ0v) is 20.3. The van der Waals surface area contributed by atoms with E-state index in [0.717, 1.165) is 17.7 Å². The van der Waals surface area contributed by atoms with E-state index in [2.05, 4.69) is 17.6 Å². The number of anilines is 4. The molecule has 1 aliphatic heterocycles. The van der Waals surface area contributed by atoms with Crippen molar-refractivity contribution in [3.63, 3.8) is 0 Å². The molecule has 1 heterocycles. The number of hydrogen-bond acceptors (Lipinski definition) is 5. The standard InChI is InChI=1S/C28H28N4O3/c1-5-19-6-14-24(15-7-19)32-27(34)25(20-8-10-21(11-9-20)29-18(2)33)26(28(32)35)30-22-12-16-23(17-13-22)31(3)4/h6-17,30H,5H2,1-4H3,(H,29,33).